The second-order valence-electron chi connectivity index (χ2n) is 4.55. The lowest BCUT2D eigenvalue weighted by Gasteiger charge is -2.21. The first-order chi connectivity index (χ1) is 7.66. The zero-order valence-electron chi connectivity index (χ0n) is 9.87. The van der Waals surface area contributed by atoms with Crippen molar-refractivity contribution in [1.82, 2.24) is 10.2 Å². The van der Waals surface area contributed by atoms with Crippen LogP contribution >= 0.6 is 15.9 Å². The smallest absolute Gasteiger partial charge is 0.169 e. The first-order valence-electron chi connectivity index (χ1n) is 5.85. The number of nitrogens with zero attached hydrogens (tertiary/aromatic N) is 1. The van der Waals surface area contributed by atoms with Crippen LogP contribution < -0.4 is 5.32 Å². The van der Waals surface area contributed by atoms with Gasteiger partial charge in [0.05, 0.1) is 6.04 Å². The van der Waals surface area contributed by atoms with E-state index in [2.05, 4.69) is 40.1 Å². The molecule has 0 saturated carbocycles. The summed E-state index contributed by atoms with van der Waals surface area (Å²) in [6.07, 6.45) is 2.63. The molecule has 4 heteroatoms. The molecule has 0 amide bonds. The summed E-state index contributed by atoms with van der Waals surface area (Å²) in [4.78, 5) is 2.43. The number of nitrogens with one attached hydrogen (secondary N) is 1. The Bertz CT molecular complexity index is 340. The molecule has 0 aliphatic carbocycles. The van der Waals surface area contributed by atoms with Crippen LogP contribution in [0.2, 0.25) is 0 Å². The molecule has 2 atom stereocenters. The van der Waals surface area contributed by atoms with Gasteiger partial charge in [-0.05, 0) is 61.4 Å². The molecule has 1 fully saturated rings. The molecule has 3 nitrogen and oxygen atoms in total. The number of likely N-dealkylation sites (tertiary alicyclic amines) is 1. The van der Waals surface area contributed by atoms with Crippen molar-refractivity contribution >= 4 is 15.9 Å². The summed E-state index contributed by atoms with van der Waals surface area (Å²) >= 11 is 3.32. The van der Waals surface area contributed by atoms with Crippen LogP contribution in [0, 0.1) is 0 Å². The van der Waals surface area contributed by atoms with E-state index < -0.39 is 0 Å². The van der Waals surface area contributed by atoms with Gasteiger partial charge in [0.15, 0.2) is 4.67 Å². The van der Waals surface area contributed by atoms with Gasteiger partial charge in [0.25, 0.3) is 0 Å². The Kier molecular flexibility index (Phi) is 4.05. The summed E-state index contributed by atoms with van der Waals surface area (Å²) in [5.41, 5.74) is 0. The summed E-state index contributed by atoms with van der Waals surface area (Å²) < 4.78 is 6.33. The van der Waals surface area contributed by atoms with Gasteiger partial charge in [-0.2, -0.15) is 0 Å². The number of likely N-dealkylation sites (N-methyl/N-ethyl adjacent to an activating group) is 1. The molecule has 2 rings (SSSR count). The van der Waals surface area contributed by atoms with E-state index in [0.717, 1.165) is 17.0 Å². The Hall–Kier alpha value is -0.320. The van der Waals surface area contributed by atoms with Gasteiger partial charge in [0, 0.05) is 12.6 Å². The summed E-state index contributed by atoms with van der Waals surface area (Å²) in [5.74, 6) is 0.993. The molecule has 1 N–H and O–H groups in total. The maximum absolute atomic E-state index is 5.53. The SMILES string of the molecule is CC(NCC1CCCN1C)c1ccc(Br)o1. The van der Waals surface area contributed by atoms with Crippen LogP contribution in [0.15, 0.2) is 21.2 Å². The van der Waals surface area contributed by atoms with Gasteiger partial charge in [-0.15, -0.1) is 0 Å². The zero-order valence-corrected chi connectivity index (χ0v) is 11.5. The summed E-state index contributed by atoms with van der Waals surface area (Å²) in [6.45, 7) is 4.41. The Morgan fingerprint density at radius 3 is 3.00 bits per heavy atom. The van der Waals surface area contributed by atoms with Gasteiger partial charge < -0.3 is 14.6 Å². The topological polar surface area (TPSA) is 28.4 Å². The van der Waals surface area contributed by atoms with Crippen molar-refractivity contribution in [2.75, 3.05) is 20.1 Å². The lowest BCUT2D eigenvalue weighted by Crippen LogP contribution is -2.36. The normalized spacial score (nSPS) is 23.8. The molecule has 90 valence electrons. The van der Waals surface area contributed by atoms with Crippen LogP contribution in [0.25, 0.3) is 0 Å². The van der Waals surface area contributed by atoms with Crippen LogP contribution in [-0.4, -0.2) is 31.1 Å². The maximum atomic E-state index is 5.53. The van der Waals surface area contributed by atoms with Gasteiger partial charge in [0.1, 0.15) is 5.76 Å². The first kappa shape index (κ1) is 12.1. The molecule has 1 aliphatic rings. The second kappa shape index (κ2) is 5.34. The molecule has 1 saturated heterocycles. The third kappa shape index (κ3) is 2.87. The van der Waals surface area contributed by atoms with E-state index in [0.29, 0.717) is 6.04 Å². The zero-order chi connectivity index (χ0) is 11.5. The first-order valence-corrected chi connectivity index (χ1v) is 6.65. The van der Waals surface area contributed by atoms with E-state index in [1.54, 1.807) is 0 Å². The number of halogens is 1. The molecule has 1 aromatic rings. The monoisotopic (exact) mass is 286 g/mol. The molecule has 0 bridgehead atoms. The Labute approximate surface area is 105 Å². The predicted octanol–water partition coefficient (Wildman–Crippen LogP) is 2.79. The van der Waals surface area contributed by atoms with Crippen molar-refractivity contribution in [2.24, 2.45) is 0 Å². The average Bonchev–Trinajstić information content (AvgIpc) is 2.84. The third-order valence-corrected chi connectivity index (χ3v) is 3.78. The highest BCUT2D eigenvalue weighted by Crippen LogP contribution is 2.21. The van der Waals surface area contributed by atoms with Gasteiger partial charge in [-0.3, -0.25) is 0 Å². The molecule has 2 unspecified atom stereocenters. The molecular formula is C12H19BrN2O. The number of hydrogen-bond acceptors (Lipinski definition) is 3. The maximum Gasteiger partial charge on any atom is 0.169 e. The molecule has 0 radical (unpaired) electrons. The van der Waals surface area contributed by atoms with E-state index in [-0.39, 0.29) is 6.04 Å². The predicted molar refractivity (Wildman–Crippen MR) is 68.5 cm³/mol. The van der Waals surface area contributed by atoms with Gasteiger partial charge in [-0.25, -0.2) is 0 Å². The van der Waals surface area contributed by atoms with E-state index in [4.69, 9.17) is 4.42 Å². The lowest BCUT2D eigenvalue weighted by atomic mass is 10.2. The molecule has 1 aliphatic heterocycles. The minimum absolute atomic E-state index is 0.278. The Morgan fingerprint density at radius 1 is 1.62 bits per heavy atom. The molecule has 16 heavy (non-hydrogen) atoms. The number of rotatable bonds is 4. The fourth-order valence-corrected chi connectivity index (χ4v) is 2.53. The molecule has 2 heterocycles. The van der Waals surface area contributed by atoms with Gasteiger partial charge in [-0.1, -0.05) is 0 Å². The highest BCUT2D eigenvalue weighted by atomic mass is 79.9. The van der Waals surface area contributed by atoms with Crippen LogP contribution in [0.4, 0.5) is 0 Å². The van der Waals surface area contributed by atoms with Crippen LogP contribution in [0.5, 0.6) is 0 Å². The molecule has 0 spiro atoms. The summed E-state index contributed by atoms with van der Waals surface area (Å²) in [5, 5.41) is 3.53. The van der Waals surface area contributed by atoms with Crippen molar-refractivity contribution in [1.29, 1.82) is 0 Å². The highest BCUT2D eigenvalue weighted by Gasteiger charge is 2.21. The average molecular weight is 287 g/mol. The van der Waals surface area contributed by atoms with Crippen molar-refractivity contribution in [3.63, 3.8) is 0 Å². The fourth-order valence-electron chi connectivity index (χ4n) is 2.21. The van der Waals surface area contributed by atoms with Crippen LogP contribution in [0.1, 0.15) is 31.6 Å². The largest absolute Gasteiger partial charge is 0.453 e. The van der Waals surface area contributed by atoms with Crippen molar-refractivity contribution in [3.05, 3.63) is 22.6 Å². The van der Waals surface area contributed by atoms with Crippen LogP contribution in [0.3, 0.4) is 0 Å². The van der Waals surface area contributed by atoms with E-state index in [9.17, 15) is 0 Å². The van der Waals surface area contributed by atoms with E-state index >= 15 is 0 Å². The third-order valence-electron chi connectivity index (χ3n) is 3.35. The van der Waals surface area contributed by atoms with Crippen molar-refractivity contribution in [2.45, 2.75) is 31.8 Å². The summed E-state index contributed by atoms with van der Waals surface area (Å²) in [7, 11) is 2.20. The van der Waals surface area contributed by atoms with Gasteiger partial charge in [0.2, 0.25) is 0 Å². The number of furan rings is 1. The Morgan fingerprint density at radius 2 is 2.44 bits per heavy atom. The minimum atomic E-state index is 0.278. The molecule has 1 aromatic heterocycles. The fraction of sp³-hybridized carbons (Fsp3) is 0.667. The number of hydrogen-bond donors (Lipinski definition) is 1. The molecule has 0 aromatic carbocycles. The minimum Gasteiger partial charge on any atom is -0.453 e. The van der Waals surface area contributed by atoms with E-state index in [1.807, 2.05) is 12.1 Å². The van der Waals surface area contributed by atoms with Crippen molar-refractivity contribution < 1.29 is 4.42 Å². The molecular weight excluding hydrogens is 268 g/mol. The standard InChI is InChI=1S/C12H19BrN2O/c1-9(11-5-6-12(13)16-11)14-8-10-4-3-7-15(10)2/h5-6,9-10,14H,3-4,7-8H2,1-2H3. The van der Waals surface area contributed by atoms with Crippen LogP contribution in [-0.2, 0) is 0 Å². The lowest BCUT2D eigenvalue weighted by molar-refractivity contribution is 0.287. The highest BCUT2D eigenvalue weighted by molar-refractivity contribution is 9.10. The van der Waals surface area contributed by atoms with Gasteiger partial charge >= 0.3 is 0 Å². The Balaban J connectivity index is 1.81. The van der Waals surface area contributed by atoms with Crippen molar-refractivity contribution in [3.8, 4) is 0 Å². The second-order valence-corrected chi connectivity index (χ2v) is 5.33. The van der Waals surface area contributed by atoms with E-state index in [1.165, 1.54) is 19.4 Å². The summed E-state index contributed by atoms with van der Waals surface area (Å²) in [6, 6.07) is 4.91. The quantitative estimate of drug-likeness (QED) is 0.923.